The van der Waals surface area contributed by atoms with Crippen molar-refractivity contribution >= 4 is 12.2 Å². The Hall–Kier alpha value is -2.82. The van der Waals surface area contributed by atoms with Gasteiger partial charge in [0.15, 0.2) is 0 Å². The molecule has 1 aliphatic heterocycles. The first-order valence-electron chi connectivity index (χ1n) is 11.1. The predicted octanol–water partition coefficient (Wildman–Crippen LogP) is 5.40. The van der Waals surface area contributed by atoms with E-state index in [9.17, 15) is 9.18 Å². The van der Waals surface area contributed by atoms with Crippen LogP contribution in [0.15, 0.2) is 42.5 Å². The highest BCUT2D eigenvalue weighted by Crippen LogP contribution is 2.43. The van der Waals surface area contributed by atoms with Gasteiger partial charge in [0.05, 0.1) is 12.6 Å². The number of rotatable bonds is 4. The van der Waals surface area contributed by atoms with E-state index in [0.717, 1.165) is 38.5 Å². The summed E-state index contributed by atoms with van der Waals surface area (Å²) in [6.07, 6.45) is 9.85. The summed E-state index contributed by atoms with van der Waals surface area (Å²) in [6, 6.07) is 11.7. The number of cyclic esters (lactones) is 1. The minimum Gasteiger partial charge on any atom is -0.497 e. The van der Waals surface area contributed by atoms with Crippen molar-refractivity contribution in [3.8, 4) is 5.75 Å². The topological polar surface area (TPSA) is 47.6 Å². The van der Waals surface area contributed by atoms with E-state index in [-0.39, 0.29) is 17.4 Å². The molecular weight excluding hydrogens is 393 g/mol. The minimum atomic E-state index is -0.279. The van der Waals surface area contributed by atoms with Crippen LogP contribution in [-0.4, -0.2) is 25.3 Å². The molecule has 0 bridgehead atoms. The van der Waals surface area contributed by atoms with Crippen LogP contribution in [0.4, 0.5) is 9.18 Å². The summed E-state index contributed by atoms with van der Waals surface area (Å²) in [7, 11) is 1.59. The average Bonchev–Trinajstić information content (AvgIpc) is 3.37. The molecule has 0 radical (unpaired) electrons. The highest BCUT2D eigenvalue weighted by molar-refractivity contribution is 5.71. The third-order valence-corrected chi connectivity index (χ3v) is 7.17. The number of halogens is 1. The molecule has 2 aromatic carbocycles. The van der Waals surface area contributed by atoms with Crippen molar-refractivity contribution in [2.45, 2.75) is 50.0 Å². The van der Waals surface area contributed by atoms with Gasteiger partial charge in [-0.1, -0.05) is 30.4 Å². The smallest absolute Gasteiger partial charge is 0.407 e. The molecule has 2 aromatic rings. The van der Waals surface area contributed by atoms with E-state index in [4.69, 9.17) is 9.47 Å². The van der Waals surface area contributed by atoms with Crippen LogP contribution < -0.4 is 10.1 Å². The fourth-order valence-corrected chi connectivity index (χ4v) is 5.39. The van der Waals surface area contributed by atoms with E-state index >= 15 is 0 Å². The Bertz CT molecular complexity index is 1030. The first kappa shape index (κ1) is 20.1. The Labute approximate surface area is 182 Å². The van der Waals surface area contributed by atoms with Gasteiger partial charge in [0.1, 0.15) is 18.2 Å². The first-order valence-corrected chi connectivity index (χ1v) is 11.1. The molecule has 5 rings (SSSR count). The summed E-state index contributed by atoms with van der Waals surface area (Å²) in [5.41, 5.74) is 4.61. The number of fused-ring (bicyclic) bond motifs is 1. The van der Waals surface area contributed by atoms with Crippen LogP contribution >= 0.6 is 0 Å². The predicted molar refractivity (Wildman–Crippen MR) is 118 cm³/mol. The maximum atomic E-state index is 14.1. The zero-order valence-electron chi connectivity index (χ0n) is 17.8. The van der Waals surface area contributed by atoms with Crippen LogP contribution in [0.5, 0.6) is 5.75 Å². The minimum absolute atomic E-state index is 0.164. The van der Waals surface area contributed by atoms with E-state index in [1.165, 1.54) is 22.8 Å². The van der Waals surface area contributed by atoms with E-state index < -0.39 is 0 Å². The van der Waals surface area contributed by atoms with E-state index in [2.05, 4.69) is 29.6 Å². The average molecular weight is 422 g/mol. The van der Waals surface area contributed by atoms with Crippen molar-refractivity contribution in [1.82, 2.24) is 5.32 Å². The number of carbonyl (C=O) groups excluding carboxylic acids is 1. The molecule has 1 heterocycles. The SMILES string of the molecule is COc1ccc(F)c(/C=C/C2CCc3cc([C@H]4CC[C@]5(COC(=O)N5)C4)ccc3C2)c1. The summed E-state index contributed by atoms with van der Waals surface area (Å²) >= 11 is 0. The Balaban J connectivity index is 1.26. The van der Waals surface area contributed by atoms with Crippen molar-refractivity contribution in [3.05, 3.63) is 70.5 Å². The molecule has 5 heteroatoms. The van der Waals surface area contributed by atoms with Crippen LogP contribution in [0.2, 0.25) is 0 Å². The zero-order chi connectivity index (χ0) is 21.4. The number of hydrogen-bond acceptors (Lipinski definition) is 3. The number of carbonyl (C=O) groups is 1. The van der Waals surface area contributed by atoms with Crippen LogP contribution in [0.3, 0.4) is 0 Å². The standard InChI is InChI=1S/C26H28FNO3/c1-30-23-8-9-24(27)21(14-23)5-3-17-2-4-19-13-20(7-6-18(19)12-17)22-10-11-26(15-22)16-31-25(29)28-26/h3,5-9,13-14,17,22H,2,4,10-12,15-16H2,1H3,(H,28,29)/b5-3+/t17?,22-,26+/m0/s1. The number of aryl methyl sites for hydroxylation is 1. The molecule has 4 nitrogen and oxygen atoms in total. The number of alkyl carbamates (subject to hydrolysis) is 1. The highest BCUT2D eigenvalue weighted by atomic mass is 19.1. The third-order valence-electron chi connectivity index (χ3n) is 7.17. The number of amides is 1. The second-order valence-electron chi connectivity index (χ2n) is 9.20. The number of methoxy groups -OCH3 is 1. The number of benzene rings is 2. The van der Waals surface area contributed by atoms with Gasteiger partial charge in [-0.05, 0) is 85.3 Å². The lowest BCUT2D eigenvalue weighted by molar-refractivity contribution is 0.172. The Morgan fingerprint density at radius 3 is 2.90 bits per heavy atom. The maximum absolute atomic E-state index is 14.1. The van der Waals surface area contributed by atoms with Crippen molar-refractivity contribution in [1.29, 1.82) is 0 Å². The van der Waals surface area contributed by atoms with Gasteiger partial charge in [-0.3, -0.25) is 0 Å². The third kappa shape index (κ3) is 4.06. The molecule has 1 amide bonds. The number of nitrogens with one attached hydrogen (secondary N) is 1. The lowest BCUT2D eigenvalue weighted by atomic mass is 9.81. The molecule has 2 fully saturated rings. The van der Waals surface area contributed by atoms with Gasteiger partial charge in [-0.25, -0.2) is 9.18 Å². The van der Waals surface area contributed by atoms with Crippen molar-refractivity contribution in [2.24, 2.45) is 5.92 Å². The molecular formula is C26H28FNO3. The molecule has 1 unspecified atom stereocenters. The Morgan fingerprint density at radius 1 is 1.19 bits per heavy atom. The Kier molecular flexibility index (Phi) is 5.20. The quantitative estimate of drug-likeness (QED) is 0.719. The van der Waals surface area contributed by atoms with Gasteiger partial charge in [0, 0.05) is 5.56 Å². The second-order valence-corrected chi connectivity index (χ2v) is 9.20. The lowest BCUT2D eigenvalue weighted by Crippen LogP contribution is -2.40. The molecule has 2 aliphatic carbocycles. The fraction of sp³-hybridized carbons (Fsp3) is 0.423. The normalized spacial score (nSPS) is 27.4. The summed E-state index contributed by atoms with van der Waals surface area (Å²) in [4.78, 5) is 11.5. The van der Waals surface area contributed by atoms with E-state index in [1.807, 2.05) is 6.08 Å². The van der Waals surface area contributed by atoms with Gasteiger partial charge >= 0.3 is 6.09 Å². The van der Waals surface area contributed by atoms with E-state index in [0.29, 0.717) is 29.8 Å². The molecule has 1 spiro atoms. The van der Waals surface area contributed by atoms with Gasteiger partial charge in [-0.15, -0.1) is 0 Å². The van der Waals surface area contributed by atoms with E-state index in [1.54, 1.807) is 19.2 Å². The van der Waals surface area contributed by atoms with Gasteiger partial charge < -0.3 is 14.8 Å². The van der Waals surface area contributed by atoms with Crippen molar-refractivity contribution < 1.29 is 18.7 Å². The molecule has 1 saturated carbocycles. The Morgan fingerprint density at radius 2 is 2.10 bits per heavy atom. The first-order chi connectivity index (χ1) is 15.0. The maximum Gasteiger partial charge on any atom is 0.407 e. The number of allylic oxidation sites excluding steroid dienone is 1. The lowest BCUT2D eigenvalue weighted by Gasteiger charge is -2.24. The molecule has 1 saturated heterocycles. The molecule has 0 aromatic heterocycles. The van der Waals surface area contributed by atoms with Gasteiger partial charge in [0.2, 0.25) is 0 Å². The molecule has 31 heavy (non-hydrogen) atoms. The second kappa shape index (κ2) is 8.03. The molecule has 1 N–H and O–H groups in total. The molecule has 3 atom stereocenters. The number of ether oxygens (including phenoxy) is 2. The zero-order valence-corrected chi connectivity index (χ0v) is 17.8. The van der Waals surface area contributed by atoms with Crippen molar-refractivity contribution in [2.75, 3.05) is 13.7 Å². The number of hydrogen-bond donors (Lipinski definition) is 1. The van der Waals surface area contributed by atoms with Gasteiger partial charge in [-0.2, -0.15) is 0 Å². The van der Waals surface area contributed by atoms with Gasteiger partial charge in [0.25, 0.3) is 0 Å². The monoisotopic (exact) mass is 421 g/mol. The summed E-state index contributed by atoms with van der Waals surface area (Å²) < 4.78 is 24.5. The van der Waals surface area contributed by atoms with Crippen LogP contribution in [0, 0.1) is 11.7 Å². The van der Waals surface area contributed by atoms with Crippen LogP contribution in [0.25, 0.3) is 6.08 Å². The summed E-state index contributed by atoms with van der Waals surface area (Å²) in [5.74, 6) is 1.32. The van der Waals surface area contributed by atoms with Crippen LogP contribution in [-0.2, 0) is 17.6 Å². The highest BCUT2D eigenvalue weighted by Gasteiger charge is 2.46. The summed E-state index contributed by atoms with van der Waals surface area (Å²) in [5, 5.41) is 3.03. The fourth-order valence-electron chi connectivity index (χ4n) is 5.39. The van der Waals surface area contributed by atoms with Crippen LogP contribution in [0.1, 0.15) is 53.9 Å². The summed E-state index contributed by atoms with van der Waals surface area (Å²) in [6.45, 7) is 0.495. The molecule has 3 aliphatic rings. The largest absolute Gasteiger partial charge is 0.497 e. The van der Waals surface area contributed by atoms with Crippen molar-refractivity contribution in [3.63, 3.8) is 0 Å². The molecule has 162 valence electrons.